The summed E-state index contributed by atoms with van der Waals surface area (Å²) < 4.78 is 0. The quantitative estimate of drug-likeness (QED) is 0.877. The van der Waals surface area contributed by atoms with Gasteiger partial charge < -0.3 is 10.2 Å². The van der Waals surface area contributed by atoms with Gasteiger partial charge in [-0.15, -0.1) is 0 Å². The van der Waals surface area contributed by atoms with Crippen LogP contribution >= 0.6 is 0 Å². The van der Waals surface area contributed by atoms with E-state index < -0.39 is 12.1 Å². The van der Waals surface area contributed by atoms with Gasteiger partial charge in [0.15, 0.2) is 0 Å². The van der Waals surface area contributed by atoms with Gasteiger partial charge in [-0.2, -0.15) is 0 Å². The van der Waals surface area contributed by atoms with Crippen LogP contribution in [-0.2, 0) is 16.1 Å². The number of nitrogens with one attached hydrogen (secondary N) is 1. The summed E-state index contributed by atoms with van der Waals surface area (Å²) in [5.74, 6) is -0.104. The van der Waals surface area contributed by atoms with Crippen LogP contribution in [0.4, 0.5) is 0 Å². The van der Waals surface area contributed by atoms with Crippen molar-refractivity contribution in [1.29, 1.82) is 0 Å². The van der Waals surface area contributed by atoms with E-state index >= 15 is 0 Å². The number of rotatable bonds is 2. The summed E-state index contributed by atoms with van der Waals surface area (Å²) in [6.07, 6.45) is 0. The Morgan fingerprint density at radius 3 is 2.32 bits per heavy atom. The maximum atomic E-state index is 12.2. The van der Waals surface area contributed by atoms with Crippen LogP contribution in [-0.4, -0.2) is 28.8 Å². The molecule has 0 aliphatic carbocycles. The maximum Gasteiger partial charge on any atom is 0.245 e. The predicted molar refractivity (Wildman–Crippen MR) is 73.5 cm³/mol. The molecule has 19 heavy (non-hydrogen) atoms. The molecule has 0 spiro atoms. The molecular weight excluding hydrogens is 240 g/mol. The summed E-state index contributed by atoms with van der Waals surface area (Å²) >= 11 is 0. The molecular formula is C15H20N2O2. The molecule has 1 fully saturated rings. The Hall–Kier alpha value is -1.84. The van der Waals surface area contributed by atoms with Gasteiger partial charge >= 0.3 is 0 Å². The van der Waals surface area contributed by atoms with Crippen LogP contribution in [0.5, 0.6) is 0 Å². The minimum absolute atomic E-state index is 0.0187. The zero-order valence-corrected chi connectivity index (χ0v) is 11.9. The van der Waals surface area contributed by atoms with Crippen molar-refractivity contribution in [2.75, 3.05) is 0 Å². The van der Waals surface area contributed by atoms with Crippen molar-refractivity contribution >= 4 is 11.8 Å². The van der Waals surface area contributed by atoms with Gasteiger partial charge in [0.2, 0.25) is 11.8 Å². The summed E-state index contributed by atoms with van der Waals surface area (Å²) in [5, 5.41) is 2.69. The number of amides is 2. The fourth-order valence-corrected chi connectivity index (χ4v) is 2.46. The molecule has 4 nitrogen and oxygen atoms in total. The highest BCUT2D eigenvalue weighted by molar-refractivity contribution is 5.96. The van der Waals surface area contributed by atoms with E-state index in [1.165, 1.54) is 0 Å². The van der Waals surface area contributed by atoms with Crippen molar-refractivity contribution in [3.8, 4) is 0 Å². The zero-order chi connectivity index (χ0) is 14.2. The number of carbonyl (C=O) groups is 2. The van der Waals surface area contributed by atoms with Crippen molar-refractivity contribution < 1.29 is 9.59 Å². The molecule has 102 valence electrons. The molecule has 2 unspecified atom stereocenters. The lowest BCUT2D eigenvalue weighted by Crippen LogP contribution is -2.61. The lowest BCUT2D eigenvalue weighted by Gasteiger charge is -2.36. The number of benzene rings is 1. The number of nitrogens with zero attached hydrogens (tertiary/aromatic N) is 1. The first-order valence-electron chi connectivity index (χ1n) is 6.57. The average Bonchev–Trinajstić information content (AvgIpc) is 2.35. The molecule has 0 saturated carbocycles. The number of piperazine rings is 1. The highest BCUT2D eigenvalue weighted by atomic mass is 16.2. The largest absolute Gasteiger partial charge is 0.343 e. The molecule has 1 N–H and O–H groups in total. The molecule has 1 aromatic rings. The highest BCUT2D eigenvalue weighted by Crippen LogP contribution is 2.19. The molecule has 4 heteroatoms. The molecule has 1 aliphatic rings. The third-order valence-electron chi connectivity index (χ3n) is 3.83. The monoisotopic (exact) mass is 260 g/mol. The summed E-state index contributed by atoms with van der Waals surface area (Å²) in [5.41, 5.74) is 3.43. The smallest absolute Gasteiger partial charge is 0.245 e. The van der Waals surface area contributed by atoms with Crippen LogP contribution in [0.2, 0.25) is 0 Å². The topological polar surface area (TPSA) is 49.4 Å². The van der Waals surface area contributed by atoms with E-state index in [1.807, 2.05) is 32.0 Å². The van der Waals surface area contributed by atoms with Crippen molar-refractivity contribution in [3.05, 3.63) is 34.9 Å². The van der Waals surface area contributed by atoms with Crippen molar-refractivity contribution in [2.24, 2.45) is 0 Å². The van der Waals surface area contributed by atoms with Gasteiger partial charge in [0, 0.05) is 6.54 Å². The SMILES string of the molecule is Cc1cccc(C)c1CN1C(=O)C(C)NC(=O)C1C. The number of carbonyl (C=O) groups excluding carboxylic acids is 2. The number of aryl methyl sites for hydroxylation is 2. The van der Waals surface area contributed by atoms with Crippen molar-refractivity contribution in [3.63, 3.8) is 0 Å². The molecule has 0 aromatic heterocycles. The first-order valence-corrected chi connectivity index (χ1v) is 6.57. The average molecular weight is 260 g/mol. The van der Waals surface area contributed by atoms with Gasteiger partial charge in [-0.1, -0.05) is 18.2 Å². The second kappa shape index (κ2) is 5.03. The van der Waals surface area contributed by atoms with Crippen LogP contribution in [0.1, 0.15) is 30.5 Å². The Bertz CT molecular complexity index is 505. The molecule has 1 aromatic carbocycles. The summed E-state index contributed by atoms with van der Waals surface area (Å²) in [4.78, 5) is 25.7. The first kappa shape index (κ1) is 13.6. The van der Waals surface area contributed by atoms with E-state index in [0.717, 1.165) is 16.7 Å². The van der Waals surface area contributed by atoms with Gasteiger partial charge in [-0.05, 0) is 44.4 Å². The molecule has 1 heterocycles. The molecule has 2 amide bonds. The Labute approximate surface area is 113 Å². The fraction of sp³-hybridized carbons (Fsp3) is 0.467. The molecule has 0 bridgehead atoms. The van der Waals surface area contributed by atoms with Gasteiger partial charge in [-0.3, -0.25) is 9.59 Å². The van der Waals surface area contributed by atoms with Crippen LogP contribution < -0.4 is 5.32 Å². The Balaban J connectivity index is 2.30. The normalized spacial score (nSPS) is 23.5. The van der Waals surface area contributed by atoms with Gasteiger partial charge in [0.05, 0.1) is 0 Å². The van der Waals surface area contributed by atoms with Crippen molar-refractivity contribution in [2.45, 2.75) is 46.3 Å². The summed E-state index contributed by atoms with van der Waals surface area (Å²) in [7, 11) is 0. The predicted octanol–water partition coefficient (Wildman–Crippen LogP) is 1.54. The Kier molecular flexibility index (Phi) is 3.60. The lowest BCUT2D eigenvalue weighted by molar-refractivity contribution is -0.148. The standard InChI is InChI=1S/C15H20N2O2/c1-9-6-5-7-10(2)13(9)8-17-12(4)14(18)16-11(3)15(17)19/h5-7,11-12H,8H2,1-4H3,(H,16,18). The fourth-order valence-electron chi connectivity index (χ4n) is 2.46. The van der Waals surface area contributed by atoms with Crippen molar-refractivity contribution in [1.82, 2.24) is 10.2 Å². The van der Waals surface area contributed by atoms with E-state index in [0.29, 0.717) is 6.54 Å². The van der Waals surface area contributed by atoms with E-state index in [1.54, 1.807) is 18.7 Å². The number of hydrogen-bond donors (Lipinski definition) is 1. The molecule has 1 saturated heterocycles. The second-order valence-electron chi connectivity index (χ2n) is 5.24. The number of hydrogen-bond acceptors (Lipinski definition) is 2. The van der Waals surface area contributed by atoms with Gasteiger partial charge in [0.1, 0.15) is 12.1 Å². The summed E-state index contributed by atoms with van der Waals surface area (Å²) in [6, 6.07) is 5.22. The zero-order valence-electron chi connectivity index (χ0n) is 11.9. The third kappa shape index (κ3) is 2.48. The van der Waals surface area contributed by atoms with Gasteiger partial charge in [-0.25, -0.2) is 0 Å². The molecule has 2 atom stereocenters. The van der Waals surface area contributed by atoms with E-state index in [2.05, 4.69) is 5.32 Å². The first-order chi connectivity index (χ1) is 8.91. The Morgan fingerprint density at radius 2 is 1.74 bits per heavy atom. The summed E-state index contributed by atoms with van der Waals surface area (Å²) in [6.45, 7) is 8.06. The minimum atomic E-state index is -0.437. The van der Waals surface area contributed by atoms with E-state index in [4.69, 9.17) is 0 Å². The van der Waals surface area contributed by atoms with Crippen LogP contribution in [0.3, 0.4) is 0 Å². The van der Waals surface area contributed by atoms with Crippen LogP contribution in [0, 0.1) is 13.8 Å². The Morgan fingerprint density at radius 1 is 1.16 bits per heavy atom. The van der Waals surface area contributed by atoms with Gasteiger partial charge in [0.25, 0.3) is 0 Å². The third-order valence-corrected chi connectivity index (χ3v) is 3.83. The van der Waals surface area contributed by atoms with E-state index in [9.17, 15) is 9.59 Å². The van der Waals surface area contributed by atoms with Crippen LogP contribution in [0.25, 0.3) is 0 Å². The maximum absolute atomic E-state index is 12.2. The molecule has 0 radical (unpaired) electrons. The highest BCUT2D eigenvalue weighted by Gasteiger charge is 2.35. The van der Waals surface area contributed by atoms with Crippen LogP contribution in [0.15, 0.2) is 18.2 Å². The molecule has 1 aliphatic heterocycles. The minimum Gasteiger partial charge on any atom is -0.343 e. The second-order valence-corrected chi connectivity index (χ2v) is 5.24. The van der Waals surface area contributed by atoms with E-state index in [-0.39, 0.29) is 11.8 Å². The molecule has 2 rings (SSSR count). The lowest BCUT2D eigenvalue weighted by atomic mass is 10.0.